The Bertz CT molecular complexity index is 683. The minimum atomic E-state index is -3.78. The number of primary amides is 1. The lowest BCUT2D eigenvalue weighted by atomic mass is 9.88. The average molecular weight is 341 g/mol. The zero-order valence-corrected chi connectivity index (χ0v) is 14.3. The number of hydrogen-bond acceptors (Lipinski definition) is 5. The van der Waals surface area contributed by atoms with Crippen molar-refractivity contribution >= 4 is 21.7 Å². The maximum Gasteiger partial charge on any atom is 0.251 e. The number of amides is 2. The van der Waals surface area contributed by atoms with Crippen molar-refractivity contribution in [2.45, 2.75) is 31.2 Å². The minimum Gasteiger partial charge on any atom is -0.369 e. The SMILES string of the molecule is CC(C)C(C)(CN)NC(=O)c1ccc(S(=O)(=O)CC(N)=O)cc1. The number of hydrogen-bond donors (Lipinski definition) is 3. The first-order valence-corrected chi connectivity index (χ1v) is 8.81. The summed E-state index contributed by atoms with van der Waals surface area (Å²) in [5, 5.41) is 2.86. The molecule has 23 heavy (non-hydrogen) atoms. The van der Waals surface area contributed by atoms with Gasteiger partial charge in [-0.25, -0.2) is 8.42 Å². The normalized spacial score (nSPS) is 14.3. The van der Waals surface area contributed by atoms with Gasteiger partial charge in [-0.15, -0.1) is 0 Å². The fourth-order valence-corrected chi connectivity index (χ4v) is 2.94. The van der Waals surface area contributed by atoms with Crippen molar-refractivity contribution in [2.75, 3.05) is 12.3 Å². The van der Waals surface area contributed by atoms with Gasteiger partial charge in [0.1, 0.15) is 5.75 Å². The van der Waals surface area contributed by atoms with Crippen LogP contribution in [0.4, 0.5) is 0 Å². The highest BCUT2D eigenvalue weighted by Gasteiger charge is 2.29. The Morgan fingerprint density at radius 1 is 1.22 bits per heavy atom. The molecule has 1 aromatic carbocycles. The number of rotatable bonds is 7. The lowest BCUT2D eigenvalue weighted by Gasteiger charge is -2.33. The molecule has 5 N–H and O–H groups in total. The largest absolute Gasteiger partial charge is 0.369 e. The molecule has 128 valence electrons. The van der Waals surface area contributed by atoms with Crippen molar-refractivity contribution in [1.29, 1.82) is 0 Å². The van der Waals surface area contributed by atoms with Gasteiger partial charge in [0.15, 0.2) is 9.84 Å². The van der Waals surface area contributed by atoms with Crippen molar-refractivity contribution in [1.82, 2.24) is 5.32 Å². The Morgan fingerprint density at radius 3 is 2.13 bits per heavy atom. The Morgan fingerprint density at radius 2 is 1.74 bits per heavy atom. The van der Waals surface area contributed by atoms with E-state index in [9.17, 15) is 18.0 Å². The second-order valence-corrected chi connectivity index (χ2v) is 7.97. The monoisotopic (exact) mass is 341 g/mol. The molecular weight excluding hydrogens is 318 g/mol. The summed E-state index contributed by atoms with van der Waals surface area (Å²) in [5.74, 6) is -1.91. The summed E-state index contributed by atoms with van der Waals surface area (Å²) < 4.78 is 23.7. The molecule has 1 rings (SSSR count). The number of nitrogens with two attached hydrogens (primary N) is 2. The van der Waals surface area contributed by atoms with Crippen molar-refractivity contribution in [3.05, 3.63) is 29.8 Å². The summed E-state index contributed by atoms with van der Waals surface area (Å²) in [6, 6.07) is 5.34. The van der Waals surface area contributed by atoms with Gasteiger partial charge in [-0.05, 0) is 37.1 Å². The molecule has 0 aliphatic rings. The van der Waals surface area contributed by atoms with E-state index < -0.39 is 27.0 Å². The average Bonchev–Trinajstić information content (AvgIpc) is 2.45. The fraction of sp³-hybridized carbons (Fsp3) is 0.467. The van der Waals surface area contributed by atoms with Gasteiger partial charge in [0.25, 0.3) is 5.91 Å². The highest BCUT2D eigenvalue weighted by atomic mass is 32.2. The van der Waals surface area contributed by atoms with E-state index in [1.807, 2.05) is 20.8 Å². The number of carbonyl (C=O) groups excluding carboxylic acids is 2. The number of nitrogens with one attached hydrogen (secondary N) is 1. The van der Waals surface area contributed by atoms with E-state index in [0.717, 1.165) is 0 Å². The zero-order valence-electron chi connectivity index (χ0n) is 13.5. The summed E-state index contributed by atoms with van der Waals surface area (Å²) in [4.78, 5) is 23.0. The molecule has 0 saturated heterocycles. The highest BCUT2D eigenvalue weighted by Crippen LogP contribution is 2.17. The van der Waals surface area contributed by atoms with E-state index >= 15 is 0 Å². The topological polar surface area (TPSA) is 132 Å². The van der Waals surface area contributed by atoms with Gasteiger partial charge in [0, 0.05) is 12.1 Å². The predicted octanol–water partition coefficient (Wildman–Crippen LogP) is 0.0488. The van der Waals surface area contributed by atoms with Crippen LogP contribution in [0.2, 0.25) is 0 Å². The Balaban J connectivity index is 2.97. The van der Waals surface area contributed by atoms with Gasteiger partial charge < -0.3 is 16.8 Å². The van der Waals surface area contributed by atoms with E-state index in [0.29, 0.717) is 5.56 Å². The molecule has 1 atom stereocenters. The first kappa shape index (κ1) is 19.1. The lowest BCUT2D eigenvalue weighted by Crippen LogP contribution is -2.55. The van der Waals surface area contributed by atoms with E-state index in [-0.39, 0.29) is 23.3 Å². The van der Waals surface area contributed by atoms with E-state index in [1.165, 1.54) is 24.3 Å². The molecule has 0 heterocycles. The Kier molecular flexibility index (Phi) is 5.90. The van der Waals surface area contributed by atoms with Crippen molar-refractivity contribution in [3.63, 3.8) is 0 Å². The first-order valence-electron chi connectivity index (χ1n) is 7.15. The molecule has 7 nitrogen and oxygen atoms in total. The van der Waals surface area contributed by atoms with E-state index in [1.54, 1.807) is 0 Å². The molecule has 0 radical (unpaired) electrons. The van der Waals surface area contributed by atoms with Crippen LogP contribution in [0.25, 0.3) is 0 Å². The van der Waals surface area contributed by atoms with Crippen LogP contribution in [0, 0.1) is 5.92 Å². The molecule has 0 spiro atoms. The molecule has 0 bridgehead atoms. The standard InChI is InChI=1S/C15H23N3O4S/c1-10(2)15(3,9-16)18-14(20)11-4-6-12(7-5-11)23(21,22)8-13(17)19/h4-7,10H,8-9,16H2,1-3H3,(H2,17,19)(H,18,20). The summed E-state index contributed by atoms with van der Waals surface area (Å²) in [6.45, 7) is 6.03. The maximum absolute atomic E-state index is 12.3. The highest BCUT2D eigenvalue weighted by molar-refractivity contribution is 7.92. The van der Waals surface area contributed by atoms with E-state index in [2.05, 4.69) is 5.32 Å². The van der Waals surface area contributed by atoms with Crippen LogP contribution in [-0.4, -0.2) is 38.1 Å². The Labute approximate surface area is 136 Å². The van der Waals surface area contributed by atoms with Crippen LogP contribution >= 0.6 is 0 Å². The van der Waals surface area contributed by atoms with Crippen LogP contribution in [0.5, 0.6) is 0 Å². The van der Waals surface area contributed by atoms with Gasteiger partial charge in [-0.3, -0.25) is 9.59 Å². The molecular formula is C15H23N3O4S. The molecule has 0 saturated carbocycles. The Hall–Kier alpha value is -1.93. The maximum atomic E-state index is 12.3. The zero-order chi connectivity index (χ0) is 17.8. The molecule has 8 heteroatoms. The molecule has 0 aliphatic carbocycles. The second kappa shape index (κ2) is 7.10. The third kappa shape index (κ3) is 4.77. The lowest BCUT2D eigenvalue weighted by molar-refractivity contribution is -0.115. The third-order valence-electron chi connectivity index (χ3n) is 3.91. The smallest absolute Gasteiger partial charge is 0.251 e. The van der Waals surface area contributed by atoms with Crippen LogP contribution < -0.4 is 16.8 Å². The quantitative estimate of drug-likeness (QED) is 0.644. The van der Waals surface area contributed by atoms with Crippen LogP contribution in [0.1, 0.15) is 31.1 Å². The summed E-state index contributed by atoms with van der Waals surface area (Å²) in [5.41, 5.74) is 10.4. The minimum absolute atomic E-state index is 0.0571. The molecule has 1 aromatic rings. The number of sulfone groups is 1. The van der Waals surface area contributed by atoms with Crippen LogP contribution in [0.15, 0.2) is 29.2 Å². The predicted molar refractivity (Wildman–Crippen MR) is 87.5 cm³/mol. The second-order valence-electron chi connectivity index (χ2n) is 5.98. The molecule has 0 fully saturated rings. The summed E-state index contributed by atoms with van der Waals surface area (Å²) in [6.07, 6.45) is 0. The van der Waals surface area contributed by atoms with Crippen molar-refractivity contribution in [2.24, 2.45) is 17.4 Å². The number of carbonyl (C=O) groups is 2. The van der Waals surface area contributed by atoms with Gasteiger partial charge in [-0.1, -0.05) is 13.8 Å². The number of benzene rings is 1. The van der Waals surface area contributed by atoms with Crippen LogP contribution in [0.3, 0.4) is 0 Å². The van der Waals surface area contributed by atoms with Gasteiger partial charge in [0.05, 0.1) is 10.4 Å². The molecule has 1 unspecified atom stereocenters. The molecule has 2 amide bonds. The summed E-state index contributed by atoms with van der Waals surface area (Å²) in [7, 11) is -3.78. The van der Waals surface area contributed by atoms with Crippen molar-refractivity contribution in [3.8, 4) is 0 Å². The van der Waals surface area contributed by atoms with Crippen molar-refractivity contribution < 1.29 is 18.0 Å². The first-order chi connectivity index (χ1) is 10.5. The van der Waals surface area contributed by atoms with Gasteiger partial charge in [-0.2, -0.15) is 0 Å². The van der Waals surface area contributed by atoms with Crippen LogP contribution in [-0.2, 0) is 14.6 Å². The van der Waals surface area contributed by atoms with Gasteiger partial charge >= 0.3 is 0 Å². The fourth-order valence-electron chi connectivity index (χ4n) is 1.85. The summed E-state index contributed by atoms with van der Waals surface area (Å²) >= 11 is 0. The van der Waals surface area contributed by atoms with E-state index in [4.69, 9.17) is 11.5 Å². The molecule has 0 aromatic heterocycles. The molecule has 0 aliphatic heterocycles. The van der Waals surface area contributed by atoms with Gasteiger partial charge in [0.2, 0.25) is 5.91 Å². The third-order valence-corrected chi connectivity index (χ3v) is 5.56.